The van der Waals surface area contributed by atoms with E-state index in [4.69, 9.17) is 0 Å². The standard InChI is InChI=1S/C13H16F3N3O2/c14-13(15,16)21-11-3-1-10(2-4-11)19-12(20)18-8-9-5-6-17-7-9/h1-4,9,17H,5-8H2,(H2,18,19,20). The molecule has 2 rings (SSSR count). The van der Waals surface area contributed by atoms with Gasteiger partial charge in [0, 0.05) is 12.2 Å². The van der Waals surface area contributed by atoms with E-state index in [2.05, 4.69) is 20.7 Å². The van der Waals surface area contributed by atoms with Crippen molar-refractivity contribution in [2.75, 3.05) is 25.0 Å². The predicted octanol–water partition coefficient (Wildman–Crippen LogP) is 2.32. The average Bonchev–Trinajstić information content (AvgIpc) is 2.90. The van der Waals surface area contributed by atoms with Crippen LogP contribution in [-0.4, -0.2) is 32.0 Å². The Morgan fingerprint density at radius 1 is 1.33 bits per heavy atom. The molecule has 2 amide bonds. The van der Waals surface area contributed by atoms with Gasteiger partial charge in [0.05, 0.1) is 0 Å². The molecule has 1 saturated heterocycles. The van der Waals surface area contributed by atoms with Crippen LogP contribution in [0.1, 0.15) is 6.42 Å². The predicted molar refractivity (Wildman–Crippen MR) is 71.1 cm³/mol. The smallest absolute Gasteiger partial charge is 0.406 e. The third-order valence-electron chi connectivity index (χ3n) is 3.06. The molecule has 5 nitrogen and oxygen atoms in total. The molecule has 3 N–H and O–H groups in total. The second kappa shape index (κ2) is 6.66. The van der Waals surface area contributed by atoms with Gasteiger partial charge in [0.2, 0.25) is 0 Å². The molecule has 8 heteroatoms. The third kappa shape index (κ3) is 5.50. The van der Waals surface area contributed by atoms with Crippen LogP contribution in [-0.2, 0) is 0 Å². The van der Waals surface area contributed by atoms with Crippen molar-refractivity contribution >= 4 is 11.7 Å². The summed E-state index contributed by atoms with van der Waals surface area (Å²) >= 11 is 0. The lowest BCUT2D eigenvalue weighted by atomic mass is 10.1. The molecule has 1 unspecified atom stereocenters. The van der Waals surface area contributed by atoms with E-state index in [-0.39, 0.29) is 11.8 Å². The minimum atomic E-state index is -4.72. The minimum absolute atomic E-state index is 0.328. The average molecular weight is 303 g/mol. The molecule has 1 fully saturated rings. The van der Waals surface area contributed by atoms with Gasteiger partial charge in [-0.2, -0.15) is 0 Å². The van der Waals surface area contributed by atoms with Crippen LogP contribution in [0.2, 0.25) is 0 Å². The highest BCUT2D eigenvalue weighted by atomic mass is 19.4. The second-order valence-corrected chi connectivity index (χ2v) is 4.77. The van der Waals surface area contributed by atoms with Crippen LogP contribution in [0.4, 0.5) is 23.7 Å². The molecule has 1 heterocycles. The van der Waals surface area contributed by atoms with E-state index in [1.807, 2.05) is 0 Å². The monoisotopic (exact) mass is 303 g/mol. The fraction of sp³-hybridized carbons (Fsp3) is 0.462. The highest BCUT2D eigenvalue weighted by molar-refractivity contribution is 5.89. The summed E-state index contributed by atoms with van der Waals surface area (Å²) in [5, 5.41) is 8.47. The van der Waals surface area contributed by atoms with E-state index in [0.29, 0.717) is 18.2 Å². The van der Waals surface area contributed by atoms with Gasteiger partial charge in [0.1, 0.15) is 5.75 Å². The number of hydrogen-bond donors (Lipinski definition) is 3. The first-order chi connectivity index (χ1) is 9.92. The Hall–Kier alpha value is -1.96. The van der Waals surface area contributed by atoms with Gasteiger partial charge < -0.3 is 20.7 Å². The van der Waals surface area contributed by atoms with Crippen molar-refractivity contribution in [2.45, 2.75) is 12.8 Å². The summed E-state index contributed by atoms with van der Waals surface area (Å²) in [6, 6.07) is 4.59. The first-order valence-electron chi connectivity index (χ1n) is 6.54. The van der Waals surface area contributed by atoms with Crippen molar-refractivity contribution < 1.29 is 22.7 Å². The molecular weight excluding hydrogens is 287 g/mol. The summed E-state index contributed by atoms with van der Waals surface area (Å²) in [6.07, 6.45) is -3.70. The molecule has 1 aromatic carbocycles. The number of urea groups is 1. The second-order valence-electron chi connectivity index (χ2n) is 4.77. The van der Waals surface area contributed by atoms with E-state index >= 15 is 0 Å². The number of rotatable bonds is 4. The van der Waals surface area contributed by atoms with Crippen molar-refractivity contribution in [3.63, 3.8) is 0 Å². The van der Waals surface area contributed by atoms with Gasteiger partial charge in [-0.1, -0.05) is 0 Å². The van der Waals surface area contributed by atoms with E-state index in [9.17, 15) is 18.0 Å². The molecule has 0 aromatic heterocycles. The molecular formula is C13H16F3N3O2. The lowest BCUT2D eigenvalue weighted by Gasteiger charge is -2.12. The third-order valence-corrected chi connectivity index (χ3v) is 3.06. The molecule has 0 radical (unpaired) electrons. The normalized spacial score (nSPS) is 18.3. The summed E-state index contributed by atoms with van der Waals surface area (Å²) in [6.45, 7) is 2.40. The van der Waals surface area contributed by atoms with E-state index in [1.165, 1.54) is 12.1 Å². The van der Waals surface area contributed by atoms with Crippen molar-refractivity contribution in [2.24, 2.45) is 5.92 Å². The summed E-state index contributed by atoms with van der Waals surface area (Å²) in [4.78, 5) is 11.6. The molecule has 1 aromatic rings. The highest BCUT2D eigenvalue weighted by Gasteiger charge is 2.30. The van der Waals surface area contributed by atoms with Gasteiger partial charge in [0.15, 0.2) is 0 Å². The molecule has 1 aliphatic rings. The summed E-state index contributed by atoms with van der Waals surface area (Å²) in [5.41, 5.74) is 0.395. The fourth-order valence-electron chi connectivity index (χ4n) is 2.04. The maximum atomic E-state index is 12.0. The van der Waals surface area contributed by atoms with Gasteiger partial charge in [-0.15, -0.1) is 13.2 Å². The van der Waals surface area contributed by atoms with Crippen molar-refractivity contribution in [3.05, 3.63) is 24.3 Å². The molecule has 0 spiro atoms. The first-order valence-corrected chi connectivity index (χ1v) is 6.54. The zero-order valence-corrected chi connectivity index (χ0v) is 11.2. The van der Waals surface area contributed by atoms with Crippen LogP contribution < -0.4 is 20.7 Å². The van der Waals surface area contributed by atoms with Gasteiger partial charge in [-0.05, 0) is 49.7 Å². The van der Waals surface area contributed by atoms with Crippen LogP contribution in [0, 0.1) is 5.92 Å². The number of nitrogens with one attached hydrogen (secondary N) is 3. The van der Waals surface area contributed by atoms with E-state index < -0.39 is 6.36 Å². The van der Waals surface area contributed by atoms with Crippen LogP contribution in [0.15, 0.2) is 24.3 Å². The Kier molecular flexibility index (Phi) is 4.89. The number of alkyl halides is 3. The number of carbonyl (C=O) groups excluding carboxylic acids is 1. The lowest BCUT2D eigenvalue weighted by molar-refractivity contribution is -0.274. The fourth-order valence-corrected chi connectivity index (χ4v) is 2.04. The lowest BCUT2D eigenvalue weighted by Crippen LogP contribution is -2.33. The van der Waals surface area contributed by atoms with Crippen LogP contribution in [0.3, 0.4) is 0 Å². The van der Waals surface area contributed by atoms with Crippen LogP contribution >= 0.6 is 0 Å². The summed E-state index contributed by atoms with van der Waals surface area (Å²) in [5.74, 6) is 0.0869. The zero-order chi connectivity index (χ0) is 15.3. The molecule has 21 heavy (non-hydrogen) atoms. The summed E-state index contributed by atoms with van der Waals surface area (Å²) in [7, 11) is 0. The number of anilines is 1. The van der Waals surface area contributed by atoms with Crippen molar-refractivity contribution in [1.82, 2.24) is 10.6 Å². The minimum Gasteiger partial charge on any atom is -0.406 e. The van der Waals surface area contributed by atoms with Gasteiger partial charge >= 0.3 is 12.4 Å². The maximum Gasteiger partial charge on any atom is 0.573 e. The van der Waals surface area contributed by atoms with E-state index in [0.717, 1.165) is 31.6 Å². The zero-order valence-electron chi connectivity index (χ0n) is 11.2. The number of benzene rings is 1. The van der Waals surface area contributed by atoms with Crippen LogP contribution in [0.5, 0.6) is 5.75 Å². The van der Waals surface area contributed by atoms with Gasteiger partial charge in [0.25, 0.3) is 0 Å². The number of carbonyl (C=O) groups is 1. The van der Waals surface area contributed by atoms with E-state index in [1.54, 1.807) is 0 Å². The topological polar surface area (TPSA) is 62.4 Å². The number of amides is 2. The Labute approximate surface area is 119 Å². The molecule has 1 atom stereocenters. The largest absolute Gasteiger partial charge is 0.573 e. The number of ether oxygens (including phenoxy) is 1. The van der Waals surface area contributed by atoms with Crippen molar-refractivity contribution in [1.29, 1.82) is 0 Å². The quantitative estimate of drug-likeness (QED) is 0.800. The molecule has 0 aliphatic carbocycles. The van der Waals surface area contributed by atoms with Gasteiger partial charge in [-0.3, -0.25) is 0 Å². The highest BCUT2D eigenvalue weighted by Crippen LogP contribution is 2.23. The van der Waals surface area contributed by atoms with Gasteiger partial charge in [-0.25, -0.2) is 4.79 Å². The Morgan fingerprint density at radius 3 is 2.62 bits per heavy atom. The summed E-state index contributed by atoms with van der Waals surface area (Å²) < 4.78 is 39.7. The Bertz CT molecular complexity index is 471. The molecule has 116 valence electrons. The SMILES string of the molecule is O=C(NCC1CCNC1)Nc1ccc(OC(F)(F)F)cc1. The number of halogens is 3. The van der Waals surface area contributed by atoms with Crippen LogP contribution in [0.25, 0.3) is 0 Å². The molecule has 0 saturated carbocycles. The Morgan fingerprint density at radius 2 is 2.05 bits per heavy atom. The maximum absolute atomic E-state index is 12.0. The molecule has 0 bridgehead atoms. The first kappa shape index (κ1) is 15.4. The Balaban J connectivity index is 1.78. The molecule has 1 aliphatic heterocycles. The van der Waals surface area contributed by atoms with Crippen molar-refractivity contribution in [3.8, 4) is 5.75 Å². The number of hydrogen-bond acceptors (Lipinski definition) is 3.